The molecule has 29 heavy (non-hydrogen) atoms. The minimum atomic E-state index is 0. The van der Waals surface area contributed by atoms with Crippen molar-refractivity contribution in [3.8, 4) is 0 Å². The molecule has 0 amide bonds. The number of halogens is 1. The highest BCUT2D eigenvalue weighted by Gasteiger charge is 2.25. The van der Waals surface area contributed by atoms with Crippen molar-refractivity contribution < 1.29 is 4.74 Å². The van der Waals surface area contributed by atoms with E-state index in [0.717, 1.165) is 51.1 Å². The van der Waals surface area contributed by atoms with Crippen LogP contribution in [0.5, 0.6) is 0 Å². The van der Waals surface area contributed by atoms with Crippen LogP contribution in [0.1, 0.15) is 44.6 Å². The third-order valence-electron chi connectivity index (χ3n) is 5.83. The predicted molar refractivity (Wildman–Crippen MR) is 133 cm³/mol. The number of rotatable bonds is 9. The van der Waals surface area contributed by atoms with Crippen LogP contribution in [0, 0.1) is 5.92 Å². The number of guanidine groups is 1. The number of hydrogen-bond donors (Lipinski definition) is 2. The predicted octanol–water partition coefficient (Wildman–Crippen LogP) is 4.33. The summed E-state index contributed by atoms with van der Waals surface area (Å²) in [6.45, 7) is 6.59. The Hall–Kier alpha value is -1.28. The van der Waals surface area contributed by atoms with Gasteiger partial charge in [0.25, 0.3) is 0 Å². The van der Waals surface area contributed by atoms with E-state index in [1.54, 1.807) is 0 Å². The van der Waals surface area contributed by atoms with Crippen molar-refractivity contribution in [1.29, 1.82) is 0 Å². The lowest BCUT2D eigenvalue weighted by atomic mass is 9.98. The summed E-state index contributed by atoms with van der Waals surface area (Å²) in [5.74, 6) is 1.59. The van der Waals surface area contributed by atoms with Crippen LogP contribution in [0.15, 0.2) is 41.4 Å². The topological polar surface area (TPSA) is 48.9 Å². The molecule has 1 atom stereocenters. The SMILES string of the molecule is CCOC(CCNC(=NC)NCc1ccc(N2CC=CC2)cc1)C1CCCC1.I. The molecule has 5 nitrogen and oxygen atoms in total. The molecule has 1 unspecified atom stereocenters. The maximum Gasteiger partial charge on any atom is 0.191 e. The molecule has 1 heterocycles. The van der Waals surface area contributed by atoms with Crippen molar-refractivity contribution in [2.45, 2.75) is 51.7 Å². The van der Waals surface area contributed by atoms with Gasteiger partial charge in [0, 0.05) is 45.5 Å². The molecule has 1 aliphatic heterocycles. The largest absolute Gasteiger partial charge is 0.378 e. The van der Waals surface area contributed by atoms with E-state index in [0.29, 0.717) is 6.10 Å². The van der Waals surface area contributed by atoms with E-state index in [4.69, 9.17) is 4.74 Å². The van der Waals surface area contributed by atoms with E-state index in [9.17, 15) is 0 Å². The van der Waals surface area contributed by atoms with Gasteiger partial charge in [-0.05, 0) is 49.8 Å². The zero-order valence-electron chi connectivity index (χ0n) is 17.9. The van der Waals surface area contributed by atoms with E-state index < -0.39 is 0 Å². The summed E-state index contributed by atoms with van der Waals surface area (Å²) in [5, 5.41) is 6.87. The van der Waals surface area contributed by atoms with Gasteiger partial charge in [0.05, 0.1) is 6.10 Å². The minimum absolute atomic E-state index is 0. The van der Waals surface area contributed by atoms with Crippen molar-refractivity contribution in [2.24, 2.45) is 10.9 Å². The van der Waals surface area contributed by atoms with Gasteiger partial charge in [-0.2, -0.15) is 0 Å². The fraction of sp³-hybridized carbons (Fsp3) is 0.609. The first-order chi connectivity index (χ1) is 13.8. The molecular formula is C23H37IN4O. The normalized spacial score (nSPS) is 18.0. The first kappa shape index (κ1) is 24.0. The Morgan fingerprint density at radius 2 is 1.83 bits per heavy atom. The van der Waals surface area contributed by atoms with E-state index in [1.165, 1.54) is 36.9 Å². The number of benzene rings is 1. The molecule has 0 bridgehead atoms. The monoisotopic (exact) mass is 512 g/mol. The summed E-state index contributed by atoms with van der Waals surface area (Å²) in [6.07, 6.45) is 11.2. The van der Waals surface area contributed by atoms with Crippen molar-refractivity contribution in [3.05, 3.63) is 42.0 Å². The van der Waals surface area contributed by atoms with E-state index in [2.05, 4.69) is 63.9 Å². The van der Waals surface area contributed by atoms with Crippen molar-refractivity contribution >= 4 is 35.6 Å². The molecule has 2 N–H and O–H groups in total. The molecule has 1 aromatic rings. The lowest BCUT2D eigenvalue weighted by Gasteiger charge is -2.24. The highest BCUT2D eigenvalue weighted by atomic mass is 127. The number of anilines is 1. The summed E-state index contributed by atoms with van der Waals surface area (Å²) in [6, 6.07) is 8.79. The maximum absolute atomic E-state index is 6.02. The summed E-state index contributed by atoms with van der Waals surface area (Å²) in [4.78, 5) is 6.72. The summed E-state index contributed by atoms with van der Waals surface area (Å²) in [5.41, 5.74) is 2.54. The molecule has 0 aromatic heterocycles. The Morgan fingerprint density at radius 1 is 1.14 bits per heavy atom. The molecular weight excluding hydrogens is 475 g/mol. The van der Waals surface area contributed by atoms with E-state index in [-0.39, 0.29) is 24.0 Å². The molecule has 0 saturated heterocycles. The van der Waals surface area contributed by atoms with Gasteiger partial charge < -0.3 is 20.3 Å². The Morgan fingerprint density at radius 3 is 2.45 bits per heavy atom. The molecule has 0 radical (unpaired) electrons. The van der Waals surface area contributed by atoms with Crippen molar-refractivity contribution in [2.75, 3.05) is 38.2 Å². The van der Waals surface area contributed by atoms with Crippen LogP contribution >= 0.6 is 24.0 Å². The molecule has 3 rings (SSSR count). The van der Waals surface area contributed by atoms with Crippen molar-refractivity contribution in [3.63, 3.8) is 0 Å². The summed E-state index contributed by atoms with van der Waals surface area (Å²) in [7, 11) is 1.83. The van der Waals surface area contributed by atoms with Crippen molar-refractivity contribution in [1.82, 2.24) is 10.6 Å². The zero-order chi connectivity index (χ0) is 19.6. The lowest BCUT2D eigenvalue weighted by Crippen LogP contribution is -2.39. The van der Waals surface area contributed by atoms with Crippen LogP contribution < -0.4 is 15.5 Å². The zero-order valence-corrected chi connectivity index (χ0v) is 20.2. The second-order valence-corrected chi connectivity index (χ2v) is 7.72. The van der Waals surface area contributed by atoms with Crippen LogP contribution in [0.2, 0.25) is 0 Å². The van der Waals surface area contributed by atoms with Gasteiger partial charge in [-0.15, -0.1) is 24.0 Å². The van der Waals surface area contributed by atoms with Gasteiger partial charge in [0.15, 0.2) is 5.96 Å². The quantitative estimate of drug-likeness (QED) is 0.224. The molecule has 1 aliphatic carbocycles. The molecule has 1 fully saturated rings. The molecule has 1 saturated carbocycles. The highest BCUT2D eigenvalue weighted by molar-refractivity contribution is 14.0. The average molecular weight is 512 g/mol. The number of hydrogen-bond acceptors (Lipinski definition) is 3. The molecule has 0 spiro atoms. The fourth-order valence-corrected chi connectivity index (χ4v) is 4.25. The average Bonchev–Trinajstić information content (AvgIpc) is 3.44. The molecule has 6 heteroatoms. The number of aliphatic imine (C=N–C) groups is 1. The van der Waals surface area contributed by atoms with Crippen LogP contribution in [-0.2, 0) is 11.3 Å². The first-order valence-corrected chi connectivity index (χ1v) is 10.8. The van der Waals surface area contributed by atoms with Crippen LogP contribution in [0.3, 0.4) is 0 Å². The number of nitrogens with one attached hydrogen (secondary N) is 2. The lowest BCUT2D eigenvalue weighted by molar-refractivity contribution is 0.0169. The molecule has 162 valence electrons. The third kappa shape index (κ3) is 7.48. The summed E-state index contributed by atoms with van der Waals surface area (Å²) < 4.78 is 6.02. The summed E-state index contributed by atoms with van der Waals surface area (Å²) >= 11 is 0. The first-order valence-electron chi connectivity index (χ1n) is 10.8. The number of ether oxygens (including phenoxy) is 1. The van der Waals surface area contributed by atoms with Gasteiger partial charge in [0.2, 0.25) is 0 Å². The van der Waals surface area contributed by atoms with Crippen LogP contribution in [0.25, 0.3) is 0 Å². The maximum atomic E-state index is 6.02. The van der Waals surface area contributed by atoms with E-state index >= 15 is 0 Å². The second-order valence-electron chi connectivity index (χ2n) is 7.72. The van der Waals surface area contributed by atoms with Gasteiger partial charge in [-0.25, -0.2) is 0 Å². The third-order valence-corrected chi connectivity index (χ3v) is 5.83. The Labute approximate surface area is 193 Å². The van der Waals surface area contributed by atoms with Crippen LogP contribution in [-0.4, -0.2) is 45.4 Å². The number of nitrogens with zero attached hydrogens (tertiary/aromatic N) is 2. The van der Waals surface area contributed by atoms with Gasteiger partial charge in [0.1, 0.15) is 0 Å². The Bertz CT molecular complexity index is 633. The van der Waals surface area contributed by atoms with Gasteiger partial charge >= 0.3 is 0 Å². The Kier molecular flexibility index (Phi) is 10.8. The molecule has 1 aromatic carbocycles. The minimum Gasteiger partial charge on any atom is -0.378 e. The van der Waals surface area contributed by atoms with Gasteiger partial charge in [-0.1, -0.05) is 37.1 Å². The van der Waals surface area contributed by atoms with Gasteiger partial charge in [-0.3, -0.25) is 4.99 Å². The van der Waals surface area contributed by atoms with Crippen LogP contribution in [0.4, 0.5) is 5.69 Å². The Balaban J connectivity index is 0.00000300. The smallest absolute Gasteiger partial charge is 0.191 e. The standard InChI is InChI=1S/C23H36N4O.HI/c1-3-28-22(20-8-4-5-9-20)14-15-25-23(24-2)26-18-19-10-12-21(13-11-19)27-16-6-7-17-27;/h6-7,10-13,20,22H,3-5,8-9,14-18H2,1-2H3,(H2,24,25,26);1H. The second kappa shape index (κ2) is 13.1. The highest BCUT2D eigenvalue weighted by Crippen LogP contribution is 2.30. The molecule has 2 aliphatic rings. The van der Waals surface area contributed by atoms with E-state index in [1.807, 2.05) is 7.05 Å². The fourth-order valence-electron chi connectivity index (χ4n) is 4.25.